The van der Waals surface area contributed by atoms with Gasteiger partial charge in [-0.15, -0.1) is 0 Å². The molecule has 0 spiro atoms. The van der Waals surface area contributed by atoms with Crippen molar-refractivity contribution in [1.82, 2.24) is 10.6 Å². The van der Waals surface area contributed by atoms with E-state index in [0.717, 1.165) is 0 Å². The van der Waals surface area contributed by atoms with E-state index in [1.807, 2.05) is 13.8 Å². The van der Waals surface area contributed by atoms with Gasteiger partial charge in [0.2, 0.25) is 5.91 Å². The first-order valence-electron chi connectivity index (χ1n) is 14.1. The first-order valence-corrected chi connectivity index (χ1v) is 14.1. The van der Waals surface area contributed by atoms with Crippen molar-refractivity contribution in [1.29, 1.82) is 0 Å². The fourth-order valence-electron chi connectivity index (χ4n) is 3.86. The largest absolute Gasteiger partial charge is 0.461 e. The molecule has 2 N–H and O–H groups in total. The van der Waals surface area contributed by atoms with Crippen molar-refractivity contribution in [2.45, 2.75) is 84.8 Å². The van der Waals surface area contributed by atoms with Gasteiger partial charge in [-0.3, -0.25) is 29.8 Å². The van der Waals surface area contributed by atoms with Gasteiger partial charge in [-0.25, -0.2) is 9.59 Å². The summed E-state index contributed by atoms with van der Waals surface area (Å²) in [6.45, 7) is 8.25. The standard InChI is InChI=1S/C30H38N4O11/c1-19(2)16-25(32-29(38)45-30(3,4)5)27(36)31-24(28(37)44-18-21-8-12-23(13-9-21)34(41)42)14-15-26(35)43-17-20-6-10-22(11-7-20)33(39)40/h6-13,19,24-25H,14-18H2,1-5H3,(H,31,36)(H,32,38)/t24-,25-/m0/s1. The summed E-state index contributed by atoms with van der Waals surface area (Å²) in [6, 6.07) is 8.37. The number of nitrogens with one attached hydrogen (secondary N) is 2. The fraction of sp³-hybridized carbons (Fsp3) is 0.467. The van der Waals surface area contributed by atoms with Crippen LogP contribution in [0.25, 0.3) is 0 Å². The van der Waals surface area contributed by atoms with Crippen LogP contribution in [0.5, 0.6) is 0 Å². The number of esters is 2. The second kappa shape index (κ2) is 16.7. The van der Waals surface area contributed by atoms with Crippen LogP contribution in [-0.4, -0.2) is 51.5 Å². The molecule has 0 heterocycles. The summed E-state index contributed by atoms with van der Waals surface area (Å²) >= 11 is 0. The van der Waals surface area contributed by atoms with Gasteiger partial charge in [-0.05, 0) is 74.9 Å². The number of nitro groups is 2. The van der Waals surface area contributed by atoms with Crippen molar-refractivity contribution in [3.63, 3.8) is 0 Å². The Bertz CT molecular complexity index is 1350. The van der Waals surface area contributed by atoms with E-state index in [1.165, 1.54) is 48.5 Å². The van der Waals surface area contributed by atoms with E-state index < -0.39 is 51.5 Å². The Labute approximate surface area is 259 Å². The number of carbonyl (C=O) groups is 4. The van der Waals surface area contributed by atoms with E-state index in [9.17, 15) is 39.4 Å². The maximum absolute atomic E-state index is 13.3. The number of rotatable bonds is 15. The molecule has 0 aliphatic rings. The van der Waals surface area contributed by atoms with Crippen molar-refractivity contribution in [2.24, 2.45) is 5.92 Å². The number of ether oxygens (including phenoxy) is 3. The summed E-state index contributed by atoms with van der Waals surface area (Å²) in [5.74, 6) is -2.32. The van der Waals surface area contributed by atoms with Crippen LogP contribution in [0.1, 0.15) is 65.0 Å². The molecule has 2 aromatic carbocycles. The average molecular weight is 631 g/mol. The van der Waals surface area contributed by atoms with Gasteiger partial charge in [0.15, 0.2) is 0 Å². The van der Waals surface area contributed by atoms with Gasteiger partial charge in [0, 0.05) is 30.7 Å². The van der Waals surface area contributed by atoms with Gasteiger partial charge in [0.05, 0.1) is 9.85 Å². The third-order valence-corrected chi connectivity index (χ3v) is 6.03. The molecule has 45 heavy (non-hydrogen) atoms. The van der Waals surface area contributed by atoms with Gasteiger partial charge >= 0.3 is 18.0 Å². The summed E-state index contributed by atoms with van der Waals surface area (Å²) in [4.78, 5) is 71.9. The summed E-state index contributed by atoms with van der Waals surface area (Å²) in [5, 5.41) is 26.8. The average Bonchev–Trinajstić information content (AvgIpc) is 2.95. The summed E-state index contributed by atoms with van der Waals surface area (Å²) in [5.41, 5.74) is -0.122. The van der Waals surface area contributed by atoms with Crippen molar-refractivity contribution in [3.8, 4) is 0 Å². The molecule has 0 bridgehead atoms. The SMILES string of the molecule is CC(C)C[C@H](NC(=O)OC(C)(C)C)C(=O)N[C@@H](CCC(=O)OCc1ccc([N+](=O)[O-])cc1)C(=O)OCc1ccc([N+](=O)[O-])cc1. The molecule has 2 atom stereocenters. The van der Waals surface area contributed by atoms with Crippen molar-refractivity contribution < 1.29 is 43.2 Å². The van der Waals surface area contributed by atoms with Crippen LogP contribution in [0.3, 0.4) is 0 Å². The molecular weight excluding hydrogens is 592 g/mol. The molecule has 0 radical (unpaired) electrons. The molecule has 0 saturated heterocycles. The predicted octanol–water partition coefficient (Wildman–Crippen LogP) is 4.49. The third-order valence-electron chi connectivity index (χ3n) is 6.03. The highest BCUT2D eigenvalue weighted by Gasteiger charge is 2.30. The highest BCUT2D eigenvalue weighted by atomic mass is 16.6. The Kier molecular flexibility index (Phi) is 13.4. The molecule has 2 aromatic rings. The molecular formula is C30H38N4O11. The summed E-state index contributed by atoms with van der Waals surface area (Å²) < 4.78 is 15.8. The van der Waals surface area contributed by atoms with E-state index in [1.54, 1.807) is 20.8 Å². The fourth-order valence-corrected chi connectivity index (χ4v) is 3.86. The second-order valence-corrected chi connectivity index (χ2v) is 11.5. The zero-order chi connectivity index (χ0) is 33.7. The zero-order valence-corrected chi connectivity index (χ0v) is 25.8. The lowest BCUT2D eigenvalue weighted by molar-refractivity contribution is -0.385. The molecule has 15 nitrogen and oxygen atoms in total. The quantitative estimate of drug-likeness (QED) is 0.121. The van der Waals surface area contributed by atoms with Crippen LogP contribution in [0.15, 0.2) is 48.5 Å². The Morgan fingerprint density at radius 3 is 1.71 bits per heavy atom. The number of hydrogen-bond acceptors (Lipinski definition) is 11. The second-order valence-electron chi connectivity index (χ2n) is 11.5. The maximum Gasteiger partial charge on any atom is 0.408 e. The van der Waals surface area contributed by atoms with Gasteiger partial charge < -0.3 is 24.8 Å². The first kappa shape index (κ1) is 36.1. The Morgan fingerprint density at radius 1 is 0.778 bits per heavy atom. The molecule has 0 aromatic heterocycles. The number of carbonyl (C=O) groups excluding carboxylic acids is 4. The third kappa shape index (κ3) is 13.4. The minimum absolute atomic E-state index is 0.0300. The molecule has 2 amide bonds. The minimum atomic E-state index is -1.32. The van der Waals surface area contributed by atoms with E-state index in [4.69, 9.17) is 14.2 Å². The topological polar surface area (TPSA) is 206 Å². The molecule has 0 aliphatic heterocycles. The maximum atomic E-state index is 13.3. The Balaban J connectivity index is 2.12. The molecule has 0 aliphatic carbocycles. The van der Waals surface area contributed by atoms with Crippen molar-refractivity contribution in [2.75, 3.05) is 0 Å². The molecule has 244 valence electrons. The van der Waals surface area contributed by atoms with Gasteiger partial charge in [0.1, 0.15) is 30.9 Å². The van der Waals surface area contributed by atoms with Crippen LogP contribution in [0.2, 0.25) is 0 Å². The van der Waals surface area contributed by atoms with Crippen LogP contribution in [0.4, 0.5) is 16.2 Å². The van der Waals surface area contributed by atoms with Crippen LogP contribution in [0, 0.1) is 26.1 Å². The van der Waals surface area contributed by atoms with Crippen LogP contribution in [-0.2, 0) is 41.8 Å². The first-order chi connectivity index (χ1) is 21.0. The highest BCUT2D eigenvalue weighted by molar-refractivity contribution is 5.90. The van der Waals surface area contributed by atoms with Crippen molar-refractivity contribution in [3.05, 3.63) is 79.9 Å². The Morgan fingerprint density at radius 2 is 1.27 bits per heavy atom. The van der Waals surface area contributed by atoms with Gasteiger partial charge in [-0.1, -0.05) is 13.8 Å². The number of nitrogens with zero attached hydrogens (tertiary/aromatic N) is 2. The number of hydrogen-bond donors (Lipinski definition) is 2. The molecule has 0 saturated carbocycles. The molecule has 0 unspecified atom stereocenters. The molecule has 2 rings (SSSR count). The normalized spacial score (nSPS) is 12.4. The molecule has 0 fully saturated rings. The smallest absolute Gasteiger partial charge is 0.408 e. The highest BCUT2D eigenvalue weighted by Crippen LogP contribution is 2.16. The number of alkyl carbamates (subject to hydrolysis) is 1. The van der Waals surface area contributed by atoms with E-state index in [-0.39, 0.29) is 49.8 Å². The lowest BCUT2D eigenvalue weighted by atomic mass is 10.0. The van der Waals surface area contributed by atoms with Crippen LogP contribution >= 0.6 is 0 Å². The monoisotopic (exact) mass is 630 g/mol. The number of nitro benzene ring substituents is 2. The zero-order valence-electron chi connectivity index (χ0n) is 25.8. The van der Waals surface area contributed by atoms with Crippen molar-refractivity contribution >= 4 is 35.3 Å². The summed E-state index contributed by atoms with van der Waals surface area (Å²) in [6.07, 6.45) is -1.13. The Hall–Kier alpha value is -5.08. The number of benzene rings is 2. The van der Waals surface area contributed by atoms with Crippen LogP contribution < -0.4 is 10.6 Å². The van der Waals surface area contributed by atoms with E-state index >= 15 is 0 Å². The molecule has 15 heteroatoms. The van der Waals surface area contributed by atoms with Gasteiger partial charge in [-0.2, -0.15) is 0 Å². The number of amides is 2. The predicted molar refractivity (Wildman–Crippen MR) is 160 cm³/mol. The van der Waals surface area contributed by atoms with E-state index in [2.05, 4.69) is 10.6 Å². The van der Waals surface area contributed by atoms with E-state index in [0.29, 0.717) is 11.1 Å². The lowest BCUT2D eigenvalue weighted by Crippen LogP contribution is -2.53. The lowest BCUT2D eigenvalue weighted by Gasteiger charge is -2.25. The summed E-state index contributed by atoms with van der Waals surface area (Å²) in [7, 11) is 0. The number of non-ortho nitro benzene ring substituents is 2. The van der Waals surface area contributed by atoms with Gasteiger partial charge in [0.25, 0.3) is 11.4 Å². The minimum Gasteiger partial charge on any atom is -0.461 e.